The van der Waals surface area contributed by atoms with Crippen molar-refractivity contribution in [1.82, 2.24) is 0 Å². The first-order valence-electron chi connectivity index (χ1n) is 3.15. The number of halogens is 2. The van der Waals surface area contributed by atoms with E-state index in [1.54, 1.807) is 18.2 Å². The van der Waals surface area contributed by atoms with E-state index in [9.17, 15) is 10.1 Å². The molecule has 12 heavy (non-hydrogen) atoms. The summed E-state index contributed by atoms with van der Waals surface area (Å²) < 4.78 is 0.747. The lowest BCUT2D eigenvalue weighted by molar-refractivity contribution is -0.496. The highest BCUT2D eigenvalue weighted by atomic mass is 79.9. The highest BCUT2D eigenvalue weighted by Crippen LogP contribution is 2.23. The minimum atomic E-state index is -0.389. The quantitative estimate of drug-likeness (QED) is 0.598. The zero-order chi connectivity index (χ0) is 9.14. The van der Waals surface area contributed by atoms with Gasteiger partial charge in [0.2, 0.25) is 6.54 Å². The fourth-order valence-electron chi connectivity index (χ4n) is 0.787. The Balaban J connectivity index is 2.89. The smallest absolute Gasteiger partial charge is 0.228 e. The van der Waals surface area contributed by atoms with Crippen molar-refractivity contribution in [1.29, 1.82) is 0 Å². The summed E-state index contributed by atoms with van der Waals surface area (Å²) in [4.78, 5) is 9.73. The molecule has 0 saturated heterocycles. The highest BCUT2D eigenvalue weighted by molar-refractivity contribution is 9.10. The molecule has 0 N–H and O–H groups in total. The summed E-state index contributed by atoms with van der Waals surface area (Å²) in [6.45, 7) is -0.188. The first-order chi connectivity index (χ1) is 5.59. The van der Waals surface area contributed by atoms with E-state index in [0.29, 0.717) is 10.6 Å². The summed E-state index contributed by atoms with van der Waals surface area (Å²) >= 11 is 8.92. The molecule has 0 saturated carbocycles. The fraction of sp³-hybridized carbons (Fsp3) is 0.143. The molecular formula is C7H5BrClNO2. The number of nitrogens with zero attached hydrogens (tertiary/aromatic N) is 1. The molecule has 0 unspecified atom stereocenters. The first kappa shape index (κ1) is 9.48. The van der Waals surface area contributed by atoms with Crippen molar-refractivity contribution in [3.8, 4) is 0 Å². The van der Waals surface area contributed by atoms with Crippen LogP contribution in [0.1, 0.15) is 5.56 Å². The van der Waals surface area contributed by atoms with Crippen molar-refractivity contribution in [2.75, 3.05) is 0 Å². The minimum absolute atomic E-state index is 0.188. The predicted molar refractivity (Wildman–Crippen MR) is 49.9 cm³/mol. The van der Waals surface area contributed by atoms with Gasteiger partial charge in [-0.25, -0.2) is 0 Å². The van der Waals surface area contributed by atoms with Gasteiger partial charge in [-0.2, -0.15) is 0 Å². The molecule has 0 fully saturated rings. The van der Waals surface area contributed by atoms with Gasteiger partial charge in [0, 0.05) is 15.0 Å². The second-order valence-corrected chi connectivity index (χ2v) is 3.50. The summed E-state index contributed by atoms with van der Waals surface area (Å²) in [5.74, 6) is 0. The van der Waals surface area contributed by atoms with E-state index < -0.39 is 0 Å². The van der Waals surface area contributed by atoms with Crippen molar-refractivity contribution < 1.29 is 4.92 Å². The molecule has 0 aliphatic heterocycles. The molecule has 0 aliphatic rings. The van der Waals surface area contributed by atoms with Crippen molar-refractivity contribution in [3.63, 3.8) is 0 Å². The SMILES string of the molecule is O=[N+]([O-])Cc1ccc(Br)c(Cl)c1. The third-order valence-electron chi connectivity index (χ3n) is 1.30. The van der Waals surface area contributed by atoms with E-state index in [4.69, 9.17) is 11.6 Å². The van der Waals surface area contributed by atoms with Crippen LogP contribution >= 0.6 is 27.5 Å². The average molecular weight is 250 g/mol. The number of rotatable bonds is 2. The number of hydrogen-bond acceptors (Lipinski definition) is 2. The summed E-state index contributed by atoms with van der Waals surface area (Å²) in [6, 6.07) is 4.94. The Morgan fingerprint density at radius 2 is 2.25 bits per heavy atom. The van der Waals surface area contributed by atoms with Crippen LogP contribution in [0, 0.1) is 10.1 Å². The zero-order valence-electron chi connectivity index (χ0n) is 5.96. The van der Waals surface area contributed by atoms with Crippen LogP contribution in [0.5, 0.6) is 0 Å². The van der Waals surface area contributed by atoms with Crippen molar-refractivity contribution in [2.24, 2.45) is 0 Å². The molecule has 0 radical (unpaired) electrons. The summed E-state index contributed by atoms with van der Waals surface area (Å²) in [7, 11) is 0. The topological polar surface area (TPSA) is 43.1 Å². The molecule has 0 spiro atoms. The van der Waals surface area contributed by atoms with Gasteiger partial charge in [-0.1, -0.05) is 17.7 Å². The molecule has 64 valence electrons. The maximum atomic E-state index is 10.1. The molecule has 0 aliphatic carbocycles. The number of nitro groups is 1. The van der Waals surface area contributed by atoms with Crippen LogP contribution < -0.4 is 0 Å². The fourth-order valence-corrected chi connectivity index (χ4v) is 1.24. The van der Waals surface area contributed by atoms with Crippen molar-refractivity contribution >= 4 is 27.5 Å². The van der Waals surface area contributed by atoms with Crippen molar-refractivity contribution in [2.45, 2.75) is 6.54 Å². The Morgan fingerprint density at radius 1 is 1.58 bits per heavy atom. The third-order valence-corrected chi connectivity index (χ3v) is 2.53. The lowest BCUT2D eigenvalue weighted by Crippen LogP contribution is -1.97. The molecule has 0 atom stereocenters. The normalized spacial score (nSPS) is 9.83. The highest BCUT2D eigenvalue weighted by Gasteiger charge is 2.03. The zero-order valence-corrected chi connectivity index (χ0v) is 8.30. The molecule has 3 nitrogen and oxygen atoms in total. The second kappa shape index (κ2) is 3.87. The lowest BCUT2D eigenvalue weighted by Gasteiger charge is -1.97. The Kier molecular flexibility index (Phi) is 3.05. The number of hydrogen-bond donors (Lipinski definition) is 0. The van der Waals surface area contributed by atoms with Crippen LogP contribution in [0.25, 0.3) is 0 Å². The largest absolute Gasteiger partial charge is 0.264 e. The van der Waals surface area contributed by atoms with Gasteiger partial charge in [-0.05, 0) is 28.1 Å². The Morgan fingerprint density at radius 3 is 2.75 bits per heavy atom. The third kappa shape index (κ3) is 2.46. The average Bonchev–Trinajstić information content (AvgIpc) is 1.96. The van der Waals surface area contributed by atoms with E-state index in [-0.39, 0.29) is 11.5 Å². The molecule has 5 heteroatoms. The first-order valence-corrected chi connectivity index (χ1v) is 4.32. The van der Waals surface area contributed by atoms with Crippen LogP contribution in [0.15, 0.2) is 22.7 Å². The van der Waals surface area contributed by atoms with E-state index in [1.165, 1.54) is 0 Å². The molecule has 1 aromatic rings. The monoisotopic (exact) mass is 249 g/mol. The van der Waals surface area contributed by atoms with Gasteiger partial charge in [0.25, 0.3) is 0 Å². The predicted octanol–water partition coefficient (Wildman–Crippen LogP) is 2.88. The second-order valence-electron chi connectivity index (χ2n) is 2.24. The van der Waals surface area contributed by atoms with Gasteiger partial charge in [0.05, 0.1) is 5.02 Å². The van der Waals surface area contributed by atoms with Crippen LogP contribution in [0.2, 0.25) is 5.02 Å². The Labute approximate surface area is 82.6 Å². The molecule has 0 aromatic heterocycles. The van der Waals surface area contributed by atoms with Gasteiger partial charge in [0.15, 0.2) is 0 Å². The molecule has 0 bridgehead atoms. The van der Waals surface area contributed by atoms with Crippen LogP contribution in [-0.4, -0.2) is 4.92 Å². The van der Waals surface area contributed by atoms with Gasteiger partial charge in [-0.15, -0.1) is 0 Å². The lowest BCUT2D eigenvalue weighted by atomic mass is 10.2. The van der Waals surface area contributed by atoms with Crippen LogP contribution in [0.3, 0.4) is 0 Å². The summed E-state index contributed by atoms with van der Waals surface area (Å²) in [6.07, 6.45) is 0. The van der Waals surface area contributed by atoms with Gasteiger partial charge < -0.3 is 0 Å². The Bertz CT molecular complexity index is 316. The van der Waals surface area contributed by atoms with Crippen LogP contribution in [-0.2, 0) is 6.54 Å². The molecule has 0 amide bonds. The molecular weight excluding hydrogens is 245 g/mol. The molecule has 1 rings (SSSR count). The minimum Gasteiger partial charge on any atom is -0.264 e. The van der Waals surface area contributed by atoms with E-state index in [1.807, 2.05) is 0 Å². The maximum absolute atomic E-state index is 10.1. The molecule has 0 heterocycles. The standard InChI is InChI=1S/C7H5BrClNO2/c8-6-2-1-5(3-7(6)9)4-10(11)12/h1-3H,4H2. The van der Waals surface area contributed by atoms with E-state index in [0.717, 1.165) is 4.47 Å². The van der Waals surface area contributed by atoms with Gasteiger partial charge in [-0.3, -0.25) is 10.1 Å². The van der Waals surface area contributed by atoms with Gasteiger partial charge >= 0.3 is 0 Å². The van der Waals surface area contributed by atoms with E-state index >= 15 is 0 Å². The van der Waals surface area contributed by atoms with Crippen LogP contribution in [0.4, 0.5) is 0 Å². The summed E-state index contributed by atoms with van der Waals surface area (Å²) in [5, 5.41) is 10.6. The van der Waals surface area contributed by atoms with E-state index in [2.05, 4.69) is 15.9 Å². The Hall–Kier alpha value is -0.610. The molecule has 1 aromatic carbocycles. The van der Waals surface area contributed by atoms with Crippen molar-refractivity contribution in [3.05, 3.63) is 43.4 Å². The summed E-state index contributed by atoms with van der Waals surface area (Å²) in [5.41, 5.74) is 0.605. The number of benzene rings is 1. The maximum Gasteiger partial charge on any atom is 0.228 e. The van der Waals surface area contributed by atoms with Gasteiger partial charge in [0.1, 0.15) is 0 Å².